The number of hydrogen-bond donors (Lipinski definition) is 2. The first kappa shape index (κ1) is 18.1. The predicted octanol–water partition coefficient (Wildman–Crippen LogP) is 2.46. The number of carbonyl (C=O) groups is 1. The lowest BCUT2D eigenvalue weighted by atomic mass is 10.0. The smallest absolute Gasteiger partial charge is 0.419 e. The topological polar surface area (TPSA) is 61.8 Å². The van der Waals surface area contributed by atoms with Gasteiger partial charge in [-0.25, -0.2) is 4.79 Å². The van der Waals surface area contributed by atoms with Gasteiger partial charge < -0.3 is 20.1 Å². The second kappa shape index (κ2) is 7.12. The molecule has 1 heterocycles. The van der Waals surface area contributed by atoms with Crippen molar-refractivity contribution in [2.45, 2.75) is 24.7 Å². The van der Waals surface area contributed by atoms with Crippen LogP contribution in [0.15, 0.2) is 36.9 Å². The van der Waals surface area contributed by atoms with E-state index in [1.54, 1.807) is 30.3 Å². The van der Waals surface area contributed by atoms with E-state index in [1.165, 1.54) is 0 Å². The van der Waals surface area contributed by atoms with Gasteiger partial charge in [0.15, 0.2) is 5.60 Å². The first-order valence-electron chi connectivity index (χ1n) is 7.40. The maximum Gasteiger partial charge on any atom is 0.419 e. The van der Waals surface area contributed by atoms with Crippen LogP contribution in [0.4, 0.5) is 18.0 Å². The number of para-hydroxylation sites is 1. The van der Waals surface area contributed by atoms with Crippen LogP contribution >= 0.6 is 0 Å². The number of nitrogens with one attached hydrogen (secondary N) is 1. The van der Waals surface area contributed by atoms with E-state index in [4.69, 9.17) is 4.74 Å². The fraction of sp³-hybridized carbons (Fsp3) is 0.438. The summed E-state index contributed by atoms with van der Waals surface area (Å²) in [6.45, 7) is 3.03. The molecule has 5 nitrogen and oxygen atoms in total. The zero-order valence-corrected chi connectivity index (χ0v) is 13.0. The minimum absolute atomic E-state index is 0.104. The Hall–Kier alpha value is -2.22. The third kappa shape index (κ3) is 4.00. The second-order valence-electron chi connectivity index (χ2n) is 5.57. The molecule has 8 heteroatoms. The Bertz CT molecular complexity index is 606. The van der Waals surface area contributed by atoms with Gasteiger partial charge in [-0.3, -0.25) is 0 Å². The van der Waals surface area contributed by atoms with Crippen molar-refractivity contribution >= 4 is 6.03 Å². The van der Waals surface area contributed by atoms with Gasteiger partial charge in [0.25, 0.3) is 0 Å². The standard InChI is InChI=1S/C16H19F3N2O3/c1-2-9-24-13-6-4-3-5-12(13)10-20-14(22)21-8-7-15(23,11-21)16(17,18)19/h2-6,23H,1,7-11H2,(H,20,22)/t15-/m0/s1. The molecule has 2 rings (SSSR count). The molecule has 2 N–H and O–H groups in total. The van der Waals surface area contributed by atoms with E-state index in [1.807, 2.05) is 0 Å². The van der Waals surface area contributed by atoms with Crippen LogP contribution < -0.4 is 10.1 Å². The number of alkyl halides is 3. The van der Waals surface area contributed by atoms with E-state index < -0.39 is 30.8 Å². The zero-order valence-electron chi connectivity index (χ0n) is 13.0. The number of β-amino-alcohol motifs (C(OH)–C–C–N with tert-alkyl or cyclic N) is 1. The zero-order chi connectivity index (χ0) is 17.8. The molecule has 0 unspecified atom stereocenters. The monoisotopic (exact) mass is 344 g/mol. The lowest BCUT2D eigenvalue weighted by Gasteiger charge is -2.26. The third-order valence-electron chi connectivity index (χ3n) is 3.82. The number of aliphatic hydroxyl groups is 1. The van der Waals surface area contributed by atoms with Gasteiger partial charge in [-0.15, -0.1) is 0 Å². The molecule has 1 aliphatic rings. The summed E-state index contributed by atoms with van der Waals surface area (Å²) in [5.41, 5.74) is -2.15. The molecule has 0 radical (unpaired) electrons. The van der Waals surface area contributed by atoms with Gasteiger partial charge in [0.2, 0.25) is 0 Å². The van der Waals surface area contributed by atoms with Gasteiger partial charge >= 0.3 is 12.2 Å². The number of rotatable bonds is 5. The number of ether oxygens (including phenoxy) is 1. The minimum atomic E-state index is -4.76. The molecule has 1 atom stereocenters. The molecule has 0 bridgehead atoms. The van der Waals surface area contributed by atoms with Crippen molar-refractivity contribution in [3.05, 3.63) is 42.5 Å². The number of nitrogens with zero attached hydrogens (tertiary/aromatic N) is 1. The van der Waals surface area contributed by atoms with Crippen molar-refractivity contribution in [2.75, 3.05) is 19.7 Å². The lowest BCUT2D eigenvalue weighted by Crippen LogP contribution is -2.49. The fourth-order valence-electron chi connectivity index (χ4n) is 2.42. The second-order valence-corrected chi connectivity index (χ2v) is 5.57. The van der Waals surface area contributed by atoms with Gasteiger partial charge in [0.05, 0.1) is 6.54 Å². The third-order valence-corrected chi connectivity index (χ3v) is 3.82. The van der Waals surface area contributed by atoms with E-state index in [2.05, 4.69) is 11.9 Å². The van der Waals surface area contributed by atoms with E-state index in [-0.39, 0.29) is 13.1 Å². The molecule has 2 amide bonds. The summed E-state index contributed by atoms with van der Waals surface area (Å²) in [6.07, 6.45) is -3.70. The molecule has 0 aromatic heterocycles. The molecule has 1 aromatic rings. The first-order valence-corrected chi connectivity index (χ1v) is 7.40. The molecule has 1 fully saturated rings. The Labute approximate surface area is 137 Å². The van der Waals surface area contributed by atoms with Gasteiger partial charge in [0.1, 0.15) is 12.4 Å². The van der Waals surface area contributed by atoms with Gasteiger partial charge in [-0.2, -0.15) is 13.2 Å². The number of urea groups is 1. The van der Waals surface area contributed by atoms with Gasteiger partial charge in [-0.1, -0.05) is 30.9 Å². The Morgan fingerprint density at radius 3 is 2.79 bits per heavy atom. The van der Waals surface area contributed by atoms with Crippen LogP contribution in [0.3, 0.4) is 0 Å². The maximum absolute atomic E-state index is 12.8. The van der Waals surface area contributed by atoms with Crippen LogP contribution in [0.1, 0.15) is 12.0 Å². The Morgan fingerprint density at radius 1 is 1.46 bits per heavy atom. The highest BCUT2D eigenvalue weighted by molar-refractivity contribution is 5.74. The highest BCUT2D eigenvalue weighted by Gasteiger charge is 2.57. The van der Waals surface area contributed by atoms with Crippen LogP contribution in [0.25, 0.3) is 0 Å². The molecule has 0 aliphatic carbocycles. The Kier molecular flexibility index (Phi) is 5.38. The number of halogens is 3. The minimum Gasteiger partial charge on any atom is -0.489 e. The molecule has 0 spiro atoms. The molecule has 0 saturated carbocycles. The van der Waals surface area contributed by atoms with Crippen LogP contribution in [0.5, 0.6) is 5.75 Å². The quantitative estimate of drug-likeness (QED) is 0.807. The fourth-order valence-corrected chi connectivity index (χ4v) is 2.42. The normalized spacial score (nSPS) is 20.8. The van der Waals surface area contributed by atoms with Crippen LogP contribution in [0, 0.1) is 0 Å². The molecule has 1 saturated heterocycles. The molecular formula is C16H19F3N2O3. The van der Waals surface area contributed by atoms with Crippen molar-refractivity contribution in [1.82, 2.24) is 10.2 Å². The predicted molar refractivity (Wildman–Crippen MR) is 81.6 cm³/mol. The summed E-state index contributed by atoms with van der Waals surface area (Å²) in [6, 6.07) is 6.35. The summed E-state index contributed by atoms with van der Waals surface area (Å²) in [7, 11) is 0. The average Bonchev–Trinajstić information content (AvgIpc) is 2.95. The van der Waals surface area contributed by atoms with Crippen molar-refractivity contribution in [1.29, 1.82) is 0 Å². The van der Waals surface area contributed by atoms with Gasteiger partial charge in [-0.05, 0) is 6.07 Å². The van der Waals surface area contributed by atoms with E-state index >= 15 is 0 Å². The molecule has 1 aromatic carbocycles. The summed E-state index contributed by atoms with van der Waals surface area (Å²) in [4.78, 5) is 13.0. The van der Waals surface area contributed by atoms with E-state index in [0.29, 0.717) is 17.9 Å². The molecule has 132 valence electrons. The number of amides is 2. The van der Waals surface area contributed by atoms with E-state index in [0.717, 1.165) is 4.90 Å². The number of hydrogen-bond acceptors (Lipinski definition) is 3. The van der Waals surface area contributed by atoms with Crippen LogP contribution in [0.2, 0.25) is 0 Å². The number of carbonyl (C=O) groups excluding carboxylic acids is 1. The Balaban J connectivity index is 1.94. The molecule has 1 aliphatic heterocycles. The van der Waals surface area contributed by atoms with Crippen molar-refractivity contribution in [3.8, 4) is 5.75 Å². The number of likely N-dealkylation sites (tertiary alicyclic amines) is 1. The highest BCUT2D eigenvalue weighted by atomic mass is 19.4. The van der Waals surface area contributed by atoms with Crippen molar-refractivity contribution < 1.29 is 27.8 Å². The largest absolute Gasteiger partial charge is 0.489 e. The Morgan fingerprint density at radius 2 is 2.17 bits per heavy atom. The van der Waals surface area contributed by atoms with Crippen molar-refractivity contribution in [3.63, 3.8) is 0 Å². The lowest BCUT2D eigenvalue weighted by molar-refractivity contribution is -0.253. The summed E-state index contributed by atoms with van der Waals surface area (Å²) in [5, 5.41) is 12.1. The molecule has 24 heavy (non-hydrogen) atoms. The summed E-state index contributed by atoms with van der Waals surface area (Å²) in [5.74, 6) is 0.561. The summed E-state index contributed by atoms with van der Waals surface area (Å²) >= 11 is 0. The van der Waals surface area contributed by atoms with Crippen LogP contribution in [-0.4, -0.2) is 47.5 Å². The highest BCUT2D eigenvalue weighted by Crippen LogP contribution is 2.37. The summed E-state index contributed by atoms with van der Waals surface area (Å²) < 4.78 is 43.8. The van der Waals surface area contributed by atoms with Gasteiger partial charge in [0, 0.05) is 25.1 Å². The first-order chi connectivity index (χ1) is 11.3. The van der Waals surface area contributed by atoms with E-state index in [9.17, 15) is 23.1 Å². The van der Waals surface area contributed by atoms with Crippen molar-refractivity contribution in [2.24, 2.45) is 0 Å². The SMILES string of the molecule is C=CCOc1ccccc1CNC(=O)N1CC[C@@](O)(C(F)(F)F)C1. The average molecular weight is 344 g/mol. The maximum atomic E-state index is 12.8. The van der Waals surface area contributed by atoms with Crippen LogP contribution in [-0.2, 0) is 6.54 Å². The molecular weight excluding hydrogens is 325 g/mol. The number of benzene rings is 1.